The molecule has 52 valence electrons. The summed E-state index contributed by atoms with van der Waals surface area (Å²) in [6, 6.07) is 4.29. The van der Waals surface area contributed by atoms with Gasteiger partial charge in [-0.05, 0) is 17.9 Å². The molecule has 10 heavy (non-hydrogen) atoms. The van der Waals surface area contributed by atoms with Crippen molar-refractivity contribution < 1.29 is 0 Å². The van der Waals surface area contributed by atoms with Crippen LogP contribution in [0.1, 0.15) is 17.2 Å². The van der Waals surface area contributed by atoms with Crippen molar-refractivity contribution in [2.45, 2.75) is 12.3 Å². The van der Waals surface area contributed by atoms with E-state index in [0.717, 1.165) is 6.54 Å². The minimum absolute atomic E-state index is 0.625. The smallest absolute Gasteiger partial charge is 0.0498 e. The van der Waals surface area contributed by atoms with Crippen LogP contribution in [0.2, 0.25) is 0 Å². The molecule has 2 heteroatoms. The average molecular weight is 151 g/mol. The molecule has 1 aromatic rings. The van der Waals surface area contributed by atoms with E-state index in [0.29, 0.717) is 5.92 Å². The van der Waals surface area contributed by atoms with Crippen LogP contribution in [0.25, 0.3) is 0 Å². The monoisotopic (exact) mass is 151 g/mol. The molecule has 0 N–H and O–H groups in total. The summed E-state index contributed by atoms with van der Waals surface area (Å²) >= 11 is 1.83. The van der Waals surface area contributed by atoms with E-state index in [9.17, 15) is 0 Å². The first-order chi connectivity index (χ1) is 4.97. The number of nitrogens with zero attached hydrogens (tertiary/aromatic N) is 1. The topological polar surface area (TPSA) is 14.1 Å². The summed E-state index contributed by atoms with van der Waals surface area (Å²) in [5.41, 5.74) is 0. The van der Waals surface area contributed by atoms with Gasteiger partial charge in [0.25, 0.3) is 0 Å². The molecule has 2 rings (SSSR count). The maximum atomic E-state index is 4.20. The van der Waals surface area contributed by atoms with Gasteiger partial charge in [0, 0.05) is 23.9 Å². The summed E-state index contributed by atoms with van der Waals surface area (Å²) in [4.78, 5) is 1.46. The minimum atomic E-state index is 0.625. The average Bonchev–Trinajstić information content (AvgIpc) is 2.59. The lowest BCUT2D eigenvalue weighted by Crippen LogP contribution is -1.90. The van der Waals surface area contributed by atoms with E-state index < -0.39 is 0 Å². The van der Waals surface area contributed by atoms with Crippen LogP contribution in [0.15, 0.2) is 17.5 Å². The van der Waals surface area contributed by atoms with Crippen molar-refractivity contribution in [2.75, 3.05) is 6.54 Å². The van der Waals surface area contributed by atoms with E-state index in [1.54, 1.807) is 0 Å². The Bertz CT molecular complexity index is 187. The van der Waals surface area contributed by atoms with Gasteiger partial charge in [-0.3, -0.25) is 0 Å². The first-order valence-corrected chi connectivity index (χ1v) is 4.38. The summed E-state index contributed by atoms with van der Waals surface area (Å²) in [7, 11) is 0. The maximum Gasteiger partial charge on any atom is 0.0498 e. The van der Waals surface area contributed by atoms with Gasteiger partial charge in [0.05, 0.1) is 0 Å². The number of hydrogen-bond acceptors (Lipinski definition) is 1. The highest BCUT2D eigenvalue weighted by molar-refractivity contribution is 7.10. The van der Waals surface area contributed by atoms with Crippen LogP contribution < -0.4 is 5.32 Å². The van der Waals surface area contributed by atoms with E-state index >= 15 is 0 Å². The van der Waals surface area contributed by atoms with Crippen LogP contribution in [-0.2, 0) is 0 Å². The summed E-state index contributed by atoms with van der Waals surface area (Å²) in [5.74, 6) is 0.625. The Morgan fingerprint density at radius 2 is 2.60 bits per heavy atom. The van der Waals surface area contributed by atoms with E-state index in [2.05, 4.69) is 29.4 Å². The van der Waals surface area contributed by atoms with Crippen LogP contribution in [0.3, 0.4) is 0 Å². The molecule has 1 fully saturated rings. The number of thiophene rings is 1. The lowest BCUT2D eigenvalue weighted by molar-refractivity contribution is 0.838. The van der Waals surface area contributed by atoms with E-state index in [-0.39, 0.29) is 0 Å². The Morgan fingerprint density at radius 1 is 1.60 bits per heavy atom. The van der Waals surface area contributed by atoms with Crippen LogP contribution in [0.5, 0.6) is 0 Å². The first-order valence-electron chi connectivity index (χ1n) is 3.50. The lowest BCUT2D eigenvalue weighted by Gasteiger charge is -2.01. The molecule has 1 aliphatic rings. The molecule has 1 atom stereocenters. The molecule has 1 aromatic heterocycles. The summed E-state index contributed by atoms with van der Waals surface area (Å²) < 4.78 is 0. The second-order valence-electron chi connectivity index (χ2n) is 2.47. The fourth-order valence-corrected chi connectivity index (χ4v) is 2.03. The van der Waals surface area contributed by atoms with Gasteiger partial charge in [0.2, 0.25) is 0 Å². The third-order valence-corrected chi connectivity index (χ3v) is 2.77. The zero-order valence-electron chi connectivity index (χ0n) is 5.66. The molecule has 2 radical (unpaired) electrons. The van der Waals surface area contributed by atoms with E-state index in [1.165, 1.54) is 11.3 Å². The molecule has 0 spiro atoms. The van der Waals surface area contributed by atoms with Crippen molar-refractivity contribution in [1.82, 2.24) is 5.32 Å². The molecule has 0 aliphatic carbocycles. The van der Waals surface area contributed by atoms with Gasteiger partial charge in [0.1, 0.15) is 0 Å². The fourth-order valence-electron chi connectivity index (χ4n) is 1.21. The van der Waals surface area contributed by atoms with E-state index in [1.807, 2.05) is 11.3 Å². The van der Waals surface area contributed by atoms with Gasteiger partial charge in [-0.2, -0.15) is 0 Å². The molecule has 0 aromatic carbocycles. The molecule has 1 aliphatic heterocycles. The van der Waals surface area contributed by atoms with Crippen molar-refractivity contribution >= 4 is 11.3 Å². The van der Waals surface area contributed by atoms with Crippen molar-refractivity contribution in [2.24, 2.45) is 0 Å². The highest BCUT2D eigenvalue weighted by Gasteiger charge is 2.18. The molecule has 0 bridgehead atoms. The molecule has 1 nitrogen and oxygen atoms in total. The summed E-state index contributed by atoms with van der Waals surface area (Å²) in [6.45, 7) is 3.09. The first kappa shape index (κ1) is 6.38. The molecule has 0 amide bonds. The fraction of sp³-hybridized carbons (Fsp3) is 0.375. The SMILES string of the molecule is [CH]1[N]CCC1c1cccs1. The zero-order chi connectivity index (χ0) is 6.81. The van der Waals surface area contributed by atoms with Gasteiger partial charge < -0.3 is 0 Å². The molecule has 0 saturated carbocycles. The van der Waals surface area contributed by atoms with E-state index in [4.69, 9.17) is 0 Å². The predicted molar refractivity (Wildman–Crippen MR) is 43.0 cm³/mol. The third-order valence-electron chi connectivity index (χ3n) is 1.76. The third kappa shape index (κ3) is 1.09. The zero-order valence-corrected chi connectivity index (χ0v) is 6.47. The standard InChI is InChI=1S/C8H9NS/c1-2-8(10-5-1)7-3-4-9-6-7/h1-2,5-7H,3-4H2. The predicted octanol–water partition coefficient (Wildman–Crippen LogP) is 2.00. The van der Waals surface area contributed by atoms with Gasteiger partial charge in [-0.25, -0.2) is 5.32 Å². The Balaban J connectivity index is 2.12. The van der Waals surface area contributed by atoms with Crippen LogP contribution >= 0.6 is 11.3 Å². The second-order valence-corrected chi connectivity index (χ2v) is 3.45. The van der Waals surface area contributed by atoms with Crippen LogP contribution in [0, 0.1) is 6.54 Å². The summed E-state index contributed by atoms with van der Waals surface area (Å²) in [5, 5.41) is 6.33. The minimum Gasteiger partial charge on any atom is -0.236 e. The van der Waals surface area contributed by atoms with Crippen molar-refractivity contribution in [3.8, 4) is 0 Å². The number of hydrogen-bond donors (Lipinski definition) is 0. The molecule has 2 heterocycles. The molecular weight excluding hydrogens is 142 g/mol. The maximum absolute atomic E-state index is 4.20. The normalized spacial score (nSPS) is 25.4. The van der Waals surface area contributed by atoms with Gasteiger partial charge in [-0.1, -0.05) is 6.07 Å². The van der Waals surface area contributed by atoms with Gasteiger partial charge in [-0.15, -0.1) is 11.3 Å². The Hall–Kier alpha value is -0.340. The van der Waals surface area contributed by atoms with Crippen molar-refractivity contribution in [3.05, 3.63) is 28.9 Å². The van der Waals surface area contributed by atoms with Gasteiger partial charge >= 0.3 is 0 Å². The highest BCUT2D eigenvalue weighted by atomic mass is 32.1. The summed E-state index contributed by atoms with van der Waals surface area (Å²) in [6.07, 6.45) is 1.21. The lowest BCUT2D eigenvalue weighted by atomic mass is 10.1. The second kappa shape index (κ2) is 2.72. The highest BCUT2D eigenvalue weighted by Crippen LogP contribution is 2.29. The largest absolute Gasteiger partial charge is 0.236 e. The Labute approximate surface area is 65.1 Å². The van der Waals surface area contributed by atoms with Crippen LogP contribution in [-0.4, -0.2) is 6.54 Å². The van der Waals surface area contributed by atoms with Gasteiger partial charge in [0.15, 0.2) is 0 Å². The number of rotatable bonds is 1. The molecule has 1 saturated heterocycles. The van der Waals surface area contributed by atoms with Crippen molar-refractivity contribution in [3.63, 3.8) is 0 Å². The Kier molecular flexibility index (Phi) is 1.74. The quantitative estimate of drug-likeness (QED) is 0.583. The molecule has 1 unspecified atom stereocenters. The van der Waals surface area contributed by atoms with Crippen LogP contribution in [0.4, 0.5) is 0 Å². The van der Waals surface area contributed by atoms with Crippen molar-refractivity contribution in [1.29, 1.82) is 0 Å². The molecular formula is C8H9NS. The Morgan fingerprint density at radius 3 is 3.20 bits per heavy atom.